The van der Waals surface area contributed by atoms with Gasteiger partial charge in [0.1, 0.15) is 12.4 Å². The molecule has 1 aliphatic rings. The number of methoxy groups -OCH3 is 1. The molecule has 0 radical (unpaired) electrons. The summed E-state index contributed by atoms with van der Waals surface area (Å²) >= 11 is 5.87. The normalized spacial score (nSPS) is 19.6. The Hall–Kier alpha value is -1.56. The summed E-state index contributed by atoms with van der Waals surface area (Å²) in [4.78, 5) is 21.3. The number of nitrogens with zero attached hydrogens (tertiary/aromatic N) is 3. The van der Waals surface area contributed by atoms with Crippen LogP contribution in [0.4, 0.5) is 5.82 Å². The first-order chi connectivity index (χ1) is 8.13. The molecule has 1 aliphatic heterocycles. The molecule has 0 aromatic carbocycles. The number of carbonyl (C=O) groups is 1. The summed E-state index contributed by atoms with van der Waals surface area (Å²) in [5.74, 6) is 0.847. The molecule has 1 saturated heterocycles. The van der Waals surface area contributed by atoms with E-state index in [-0.39, 0.29) is 17.1 Å². The van der Waals surface area contributed by atoms with E-state index in [4.69, 9.17) is 16.3 Å². The fourth-order valence-electron chi connectivity index (χ4n) is 1.76. The van der Waals surface area contributed by atoms with Crippen LogP contribution in [0.15, 0.2) is 6.33 Å². The van der Waals surface area contributed by atoms with Gasteiger partial charge in [-0.2, -0.15) is 0 Å². The summed E-state index contributed by atoms with van der Waals surface area (Å²) in [6.07, 6.45) is 2.07. The number of rotatable bonds is 3. The van der Waals surface area contributed by atoms with Crippen LogP contribution in [0.1, 0.15) is 6.42 Å². The Bertz CT molecular complexity index is 440. The van der Waals surface area contributed by atoms with Crippen molar-refractivity contribution in [3.8, 4) is 5.75 Å². The van der Waals surface area contributed by atoms with Crippen molar-refractivity contribution in [3.63, 3.8) is 0 Å². The molecule has 1 N–H and O–H groups in total. The topological polar surface area (TPSA) is 67.4 Å². The maximum atomic E-state index is 11.7. The van der Waals surface area contributed by atoms with Gasteiger partial charge < -0.3 is 15.0 Å². The molecule has 0 bridgehead atoms. The Morgan fingerprint density at radius 1 is 1.59 bits per heavy atom. The first-order valence-corrected chi connectivity index (χ1v) is 5.57. The van der Waals surface area contributed by atoms with E-state index in [1.54, 1.807) is 11.9 Å². The van der Waals surface area contributed by atoms with Gasteiger partial charge in [-0.3, -0.25) is 4.79 Å². The first-order valence-electron chi connectivity index (χ1n) is 5.19. The van der Waals surface area contributed by atoms with Gasteiger partial charge in [0.25, 0.3) is 0 Å². The van der Waals surface area contributed by atoms with E-state index < -0.39 is 0 Å². The lowest BCUT2D eigenvalue weighted by Crippen LogP contribution is -2.31. The lowest BCUT2D eigenvalue weighted by atomic mass is 10.2. The van der Waals surface area contributed by atoms with E-state index in [2.05, 4.69) is 15.3 Å². The second kappa shape index (κ2) is 4.75. The fraction of sp³-hybridized carbons (Fsp3) is 0.500. The van der Waals surface area contributed by atoms with Crippen molar-refractivity contribution in [2.24, 2.45) is 0 Å². The van der Waals surface area contributed by atoms with Crippen molar-refractivity contribution in [2.45, 2.75) is 12.5 Å². The van der Waals surface area contributed by atoms with Crippen LogP contribution in [0.3, 0.4) is 0 Å². The summed E-state index contributed by atoms with van der Waals surface area (Å²) in [5.41, 5.74) is 0. The molecule has 6 nitrogen and oxygen atoms in total. The van der Waals surface area contributed by atoms with Crippen molar-refractivity contribution in [1.82, 2.24) is 14.9 Å². The predicted molar refractivity (Wildman–Crippen MR) is 63.3 cm³/mol. The SMILES string of the molecule is COc1c(Cl)ncnc1NC1CCN(C)C1=O. The molecule has 1 aromatic rings. The Labute approximate surface area is 104 Å². The second-order valence-corrected chi connectivity index (χ2v) is 4.15. The summed E-state index contributed by atoms with van der Waals surface area (Å²) in [6, 6.07) is -0.278. The Morgan fingerprint density at radius 2 is 2.35 bits per heavy atom. The minimum absolute atomic E-state index is 0.0433. The summed E-state index contributed by atoms with van der Waals surface area (Å²) in [5, 5.41) is 3.26. The highest BCUT2D eigenvalue weighted by Crippen LogP contribution is 2.29. The number of carbonyl (C=O) groups excluding carboxylic acids is 1. The zero-order chi connectivity index (χ0) is 12.4. The summed E-state index contributed by atoms with van der Waals surface area (Å²) in [7, 11) is 3.26. The number of hydrogen-bond acceptors (Lipinski definition) is 5. The molecule has 7 heteroatoms. The zero-order valence-electron chi connectivity index (χ0n) is 9.61. The molecule has 0 aliphatic carbocycles. The molecule has 0 saturated carbocycles. The quantitative estimate of drug-likeness (QED) is 0.810. The first kappa shape index (κ1) is 11.9. The van der Waals surface area contributed by atoms with Gasteiger partial charge in [-0.15, -0.1) is 0 Å². The smallest absolute Gasteiger partial charge is 0.244 e. The largest absolute Gasteiger partial charge is 0.490 e. The molecular formula is C10H13ClN4O2. The molecule has 1 fully saturated rings. The van der Waals surface area contributed by atoms with Crippen LogP contribution < -0.4 is 10.1 Å². The van der Waals surface area contributed by atoms with Crippen LogP contribution in [0, 0.1) is 0 Å². The molecular weight excluding hydrogens is 244 g/mol. The van der Waals surface area contributed by atoms with E-state index in [1.165, 1.54) is 13.4 Å². The van der Waals surface area contributed by atoms with Crippen LogP contribution in [0.5, 0.6) is 5.75 Å². The maximum Gasteiger partial charge on any atom is 0.244 e. The molecule has 1 amide bonds. The number of ether oxygens (including phenoxy) is 1. The maximum absolute atomic E-state index is 11.7. The van der Waals surface area contributed by atoms with Crippen LogP contribution in [0.25, 0.3) is 0 Å². The van der Waals surface area contributed by atoms with E-state index in [9.17, 15) is 4.79 Å². The minimum atomic E-state index is -0.278. The zero-order valence-corrected chi connectivity index (χ0v) is 10.4. The molecule has 17 heavy (non-hydrogen) atoms. The Morgan fingerprint density at radius 3 is 2.94 bits per heavy atom. The van der Waals surface area contributed by atoms with Crippen LogP contribution in [-0.4, -0.2) is 47.5 Å². The number of halogens is 1. The van der Waals surface area contributed by atoms with Gasteiger partial charge in [-0.1, -0.05) is 11.6 Å². The van der Waals surface area contributed by atoms with E-state index in [1.807, 2.05) is 0 Å². The molecule has 0 spiro atoms. The fourth-order valence-corrected chi connectivity index (χ4v) is 1.97. The average molecular weight is 257 g/mol. The number of amides is 1. The van der Waals surface area contributed by atoms with Crippen molar-refractivity contribution < 1.29 is 9.53 Å². The third-order valence-corrected chi connectivity index (χ3v) is 2.97. The molecule has 1 unspecified atom stereocenters. The molecule has 2 rings (SSSR count). The highest BCUT2D eigenvalue weighted by molar-refractivity contribution is 6.31. The van der Waals surface area contributed by atoms with Crippen LogP contribution >= 0.6 is 11.6 Å². The number of likely N-dealkylation sites (N-methyl/N-ethyl adjacent to an activating group) is 1. The molecule has 2 heterocycles. The van der Waals surface area contributed by atoms with Crippen molar-refractivity contribution in [3.05, 3.63) is 11.5 Å². The standard InChI is InChI=1S/C10H13ClN4O2/c1-15-4-3-6(10(15)16)14-9-7(17-2)8(11)12-5-13-9/h5-6H,3-4H2,1-2H3,(H,12,13,14). The number of anilines is 1. The highest BCUT2D eigenvalue weighted by Gasteiger charge is 2.30. The average Bonchev–Trinajstić information content (AvgIpc) is 2.61. The van der Waals surface area contributed by atoms with Crippen molar-refractivity contribution >= 4 is 23.3 Å². The third kappa shape index (κ3) is 2.26. The van der Waals surface area contributed by atoms with Gasteiger partial charge in [0.05, 0.1) is 7.11 Å². The van der Waals surface area contributed by atoms with E-state index in [0.717, 1.165) is 13.0 Å². The highest BCUT2D eigenvalue weighted by atomic mass is 35.5. The van der Waals surface area contributed by atoms with Gasteiger partial charge in [0.2, 0.25) is 5.91 Å². The predicted octanol–water partition coefficient (Wildman–Crippen LogP) is 0.781. The lowest BCUT2D eigenvalue weighted by molar-refractivity contribution is -0.127. The number of likely N-dealkylation sites (tertiary alicyclic amines) is 1. The minimum Gasteiger partial charge on any atom is -0.490 e. The molecule has 1 atom stereocenters. The van der Waals surface area contributed by atoms with Gasteiger partial charge in [0, 0.05) is 13.6 Å². The summed E-state index contributed by atoms with van der Waals surface area (Å²) < 4.78 is 5.10. The van der Waals surface area contributed by atoms with Crippen LogP contribution in [0.2, 0.25) is 5.15 Å². The van der Waals surface area contributed by atoms with Crippen LogP contribution in [-0.2, 0) is 4.79 Å². The monoisotopic (exact) mass is 256 g/mol. The van der Waals surface area contributed by atoms with Gasteiger partial charge in [-0.05, 0) is 6.42 Å². The lowest BCUT2D eigenvalue weighted by Gasteiger charge is -2.15. The number of hydrogen-bond donors (Lipinski definition) is 1. The second-order valence-electron chi connectivity index (χ2n) is 3.79. The molecule has 1 aromatic heterocycles. The number of aromatic nitrogens is 2. The van der Waals surface area contributed by atoms with Crippen molar-refractivity contribution in [2.75, 3.05) is 26.0 Å². The Kier molecular flexibility index (Phi) is 3.33. The van der Waals surface area contributed by atoms with E-state index >= 15 is 0 Å². The summed E-state index contributed by atoms with van der Waals surface area (Å²) in [6.45, 7) is 0.734. The van der Waals surface area contributed by atoms with E-state index in [0.29, 0.717) is 11.6 Å². The third-order valence-electron chi connectivity index (χ3n) is 2.70. The van der Waals surface area contributed by atoms with Gasteiger partial charge in [0.15, 0.2) is 16.7 Å². The number of nitrogens with one attached hydrogen (secondary N) is 1. The molecule has 92 valence electrons. The van der Waals surface area contributed by atoms with Gasteiger partial charge in [-0.25, -0.2) is 9.97 Å². The van der Waals surface area contributed by atoms with Gasteiger partial charge >= 0.3 is 0 Å². The Balaban J connectivity index is 2.19. The van der Waals surface area contributed by atoms with Crippen molar-refractivity contribution in [1.29, 1.82) is 0 Å².